The number of hydrogen-bond donors (Lipinski definition) is 1. The van der Waals surface area contributed by atoms with E-state index < -0.39 is 0 Å². The first kappa shape index (κ1) is 13.5. The number of anilines is 1. The van der Waals surface area contributed by atoms with Crippen LogP contribution >= 0.6 is 15.9 Å². The smallest absolute Gasteiger partial charge is 0.230 e. The number of rotatable bonds is 4. The number of nitrogens with zero attached hydrogens (tertiary/aromatic N) is 1. The van der Waals surface area contributed by atoms with Gasteiger partial charge in [0, 0.05) is 6.92 Å². The lowest BCUT2D eigenvalue weighted by Gasteiger charge is -2.09. The van der Waals surface area contributed by atoms with Crippen LogP contribution in [0, 0.1) is 0 Å². The molecule has 1 aromatic heterocycles. The maximum Gasteiger partial charge on any atom is 0.230 e. The maximum atomic E-state index is 11.0. The van der Waals surface area contributed by atoms with Crippen molar-refractivity contribution in [3.05, 3.63) is 52.5 Å². The highest BCUT2D eigenvalue weighted by Gasteiger charge is 2.06. The highest BCUT2D eigenvalue weighted by Crippen LogP contribution is 2.25. The van der Waals surface area contributed by atoms with Crippen LogP contribution in [0.25, 0.3) is 0 Å². The Hall–Kier alpha value is -1.88. The van der Waals surface area contributed by atoms with Crippen LogP contribution in [0.1, 0.15) is 12.5 Å². The highest BCUT2D eigenvalue weighted by atomic mass is 79.9. The monoisotopic (exact) mass is 320 g/mol. The van der Waals surface area contributed by atoms with Gasteiger partial charge in [0.25, 0.3) is 0 Å². The number of halogens is 1. The van der Waals surface area contributed by atoms with Gasteiger partial charge in [0.05, 0.1) is 4.47 Å². The first-order valence-corrected chi connectivity index (χ1v) is 6.55. The van der Waals surface area contributed by atoms with E-state index in [1.807, 2.05) is 30.3 Å². The molecule has 0 bridgehead atoms. The van der Waals surface area contributed by atoms with E-state index in [0.717, 1.165) is 10.0 Å². The largest absolute Gasteiger partial charge is 0.472 e. The van der Waals surface area contributed by atoms with E-state index in [-0.39, 0.29) is 5.91 Å². The van der Waals surface area contributed by atoms with E-state index in [9.17, 15) is 4.79 Å². The van der Waals surface area contributed by atoms with Crippen molar-refractivity contribution in [2.45, 2.75) is 13.5 Å². The van der Waals surface area contributed by atoms with Crippen molar-refractivity contribution in [3.63, 3.8) is 0 Å². The second-order valence-corrected chi connectivity index (χ2v) is 4.79. The summed E-state index contributed by atoms with van der Waals surface area (Å²) in [6, 6.07) is 13.3. The van der Waals surface area contributed by atoms with Crippen LogP contribution < -0.4 is 10.1 Å². The van der Waals surface area contributed by atoms with Gasteiger partial charge >= 0.3 is 0 Å². The molecule has 2 aromatic rings. The van der Waals surface area contributed by atoms with E-state index in [0.29, 0.717) is 18.3 Å². The van der Waals surface area contributed by atoms with Crippen molar-refractivity contribution in [3.8, 4) is 5.88 Å². The number of benzene rings is 1. The van der Waals surface area contributed by atoms with Gasteiger partial charge in [0.1, 0.15) is 12.4 Å². The standard InChI is InChI=1S/C14H13BrN2O2/c1-10(18)16-13-8-7-12(15)14(17-13)19-9-11-5-3-2-4-6-11/h2-8H,9H2,1H3,(H,16,17,18). The molecule has 2 rings (SSSR count). The molecule has 1 aromatic carbocycles. The number of nitrogens with one attached hydrogen (secondary N) is 1. The molecule has 1 N–H and O–H groups in total. The summed E-state index contributed by atoms with van der Waals surface area (Å²) in [5.74, 6) is 0.762. The minimum atomic E-state index is -0.163. The molecule has 0 saturated heterocycles. The zero-order valence-electron chi connectivity index (χ0n) is 10.4. The van der Waals surface area contributed by atoms with Crippen LogP contribution in [0.2, 0.25) is 0 Å². The molecule has 0 aliphatic heterocycles. The highest BCUT2D eigenvalue weighted by molar-refractivity contribution is 9.10. The molecule has 5 heteroatoms. The van der Waals surface area contributed by atoms with E-state index in [2.05, 4.69) is 26.2 Å². The first-order valence-electron chi connectivity index (χ1n) is 5.76. The van der Waals surface area contributed by atoms with Gasteiger partial charge in [-0.2, -0.15) is 4.98 Å². The molecule has 1 amide bonds. The van der Waals surface area contributed by atoms with Gasteiger partial charge in [0.2, 0.25) is 11.8 Å². The van der Waals surface area contributed by atoms with Gasteiger partial charge < -0.3 is 10.1 Å². The van der Waals surface area contributed by atoms with E-state index in [1.54, 1.807) is 12.1 Å². The number of ether oxygens (including phenoxy) is 1. The molecule has 0 spiro atoms. The summed E-state index contributed by atoms with van der Waals surface area (Å²) in [6.07, 6.45) is 0. The third kappa shape index (κ3) is 4.06. The second kappa shape index (κ2) is 6.33. The maximum absolute atomic E-state index is 11.0. The molecule has 4 nitrogen and oxygen atoms in total. The molecular formula is C14H13BrN2O2. The van der Waals surface area contributed by atoms with Gasteiger partial charge in [-0.3, -0.25) is 4.79 Å². The van der Waals surface area contributed by atoms with Gasteiger partial charge in [-0.05, 0) is 33.6 Å². The van der Waals surface area contributed by atoms with Crippen molar-refractivity contribution >= 4 is 27.7 Å². The van der Waals surface area contributed by atoms with Crippen molar-refractivity contribution < 1.29 is 9.53 Å². The molecule has 0 atom stereocenters. The number of carbonyl (C=O) groups is 1. The minimum absolute atomic E-state index is 0.163. The quantitative estimate of drug-likeness (QED) is 0.939. The SMILES string of the molecule is CC(=O)Nc1ccc(Br)c(OCc2ccccc2)n1. The van der Waals surface area contributed by atoms with Crippen LogP contribution in [0.5, 0.6) is 5.88 Å². The van der Waals surface area contributed by atoms with Crippen LogP contribution in [0.4, 0.5) is 5.82 Å². The Morgan fingerprint density at radius 3 is 2.68 bits per heavy atom. The average molecular weight is 321 g/mol. The third-order valence-electron chi connectivity index (χ3n) is 2.34. The summed E-state index contributed by atoms with van der Waals surface area (Å²) in [7, 11) is 0. The molecule has 19 heavy (non-hydrogen) atoms. The fourth-order valence-corrected chi connectivity index (χ4v) is 1.84. The van der Waals surface area contributed by atoms with E-state index in [1.165, 1.54) is 6.92 Å². The van der Waals surface area contributed by atoms with Crippen LogP contribution in [0.15, 0.2) is 46.9 Å². The normalized spacial score (nSPS) is 10.0. The summed E-state index contributed by atoms with van der Waals surface area (Å²) < 4.78 is 6.38. The molecule has 98 valence electrons. The van der Waals surface area contributed by atoms with Crippen molar-refractivity contribution in [2.75, 3.05) is 5.32 Å². The summed E-state index contributed by atoms with van der Waals surface area (Å²) in [4.78, 5) is 15.2. The number of hydrogen-bond acceptors (Lipinski definition) is 3. The summed E-state index contributed by atoms with van der Waals surface area (Å²) >= 11 is 3.37. The fraction of sp³-hybridized carbons (Fsp3) is 0.143. The van der Waals surface area contributed by atoms with Crippen LogP contribution in [-0.4, -0.2) is 10.9 Å². The summed E-state index contributed by atoms with van der Waals surface area (Å²) in [5.41, 5.74) is 1.06. The molecule has 0 aliphatic carbocycles. The average Bonchev–Trinajstić information content (AvgIpc) is 2.40. The summed E-state index contributed by atoms with van der Waals surface area (Å²) in [6.45, 7) is 1.87. The molecule has 0 aliphatic rings. The summed E-state index contributed by atoms with van der Waals surface area (Å²) in [5, 5.41) is 2.62. The van der Waals surface area contributed by atoms with E-state index in [4.69, 9.17) is 4.74 Å². The van der Waals surface area contributed by atoms with Crippen LogP contribution in [0.3, 0.4) is 0 Å². The zero-order chi connectivity index (χ0) is 13.7. The topological polar surface area (TPSA) is 51.2 Å². The molecule has 0 fully saturated rings. The Morgan fingerprint density at radius 1 is 1.26 bits per heavy atom. The Kier molecular flexibility index (Phi) is 4.52. The van der Waals surface area contributed by atoms with Gasteiger partial charge in [0.15, 0.2) is 0 Å². The predicted octanol–water partition coefficient (Wildman–Crippen LogP) is 3.38. The minimum Gasteiger partial charge on any atom is -0.472 e. The Morgan fingerprint density at radius 2 is 2.00 bits per heavy atom. The lowest BCUT2D eigenvalue weighted by molar-refractivity contribution is -0.114. The fourth-order valence-electron chi connectivity index (χ4n) is 1.50. The van der Waals surface area contributed by atoms with Crippen molar-refractivity contribution in [2.24, 2.45) is 0 Å². The predicted molar refractivity (Wildman–Crippen MR) is 77.0 cm³/mol. The van der Waals surface area contributed by atoms with Gasteiger partial charge in [-0.15, -0.1) is 0 Å². The number of pyridine rings is 1. The Balaban J connectivity index is 2.08. The van der Waals surface area contributed by atoms with E-state index >= 15 is 0 Å². The van der Waals surface area contributed by atoms with Crippen molar-refractivity contribution in [1.82, 2.24) is 4.98 Å². The second-order valence-electron chi connectivity index (χ2n) is 3.94. The molecule has 0 saturated carbocycles. The van der Waals surface area contributed by atoms with Gasteiger partial charge in [-0.25, -0.2) is 0 Å². The lowest BCUT2D eigenvalue weighted by Crippen LogP contribution is -2.08. The Labute approximate surface area is 119 Å². The Bertz CT molecular complexity index is 573. The number of amides is 1. The van der Waals surface area contributed by atoms with Crippen LogP contribution in [-0.2, 0) is 11.4 Å². The molecule has 1 heterocycles. The molecule has 0 radical (unpaired) electrons. The van der Waals surface area contributed by atoms with Crippen molar-refractivity contribution in [1.29, 1.82) is 0 Å². The third-order valence-corrected chi connectivity index (χ3v) is 2.94. The number of carbonyl (C=O) groups excluding carboxylic acids is 1. The number of aromatic nitrogens is 1. The first-order chi connectivity index (χ1) is 9.15. The zero-order valence-corrected chi connectivity index (χ0v) is 12.0. The molecule has 0 unspecified atom stereocenters. The van der Waals surface area contributed by atoms with Gasteiger partial charge in [-0.1, -0.05) is 30.3 Å². The molecular weight excluding hydrogens is 308 g/mol. The lowest BCUT2D eigenvalue weighted by atomic mass is 10.2.